The average Bonchev–Trinajstić information content (AvgIpc) is 2.86. The van der Waals surface area contributed by atoms with Crippen molar-refractivity contribution in [1.82, 2.24) is 10.2 Å². The summed E-state index contributed by atoms with van der Waals surface area (Å²) in [5.41, 5.74) is 1.01. The van der Waals surface area contributed by atoms with Crippen LogP contribution in [-0.2, 0) is 20.3 Å². The number of hydrogen-bond donors (Lipinski definition) is 2. The molecule has 1 aromatic carbocycles. The molecule has 1 aromatic rings. The molecule has 2 amide bonds. The molecule has 2 aliphatic rings. The van der Waals surface area contributed by atoms with Crippen molar-refractivity contribution in [1.29, 1.82) is 0 Å². The Kier molecular flexibility index (Phi) is 5.46. The second-order valence-electron chi connectivity index (χ2n) is 6.71. The number of aliphatic carboxylic acids is 1. The largest absolute Gasteiger partial charge is 0.480 e. The van der Waals surface area contributed by atoms with E-state index in [-0.39, 0.29) is 22.9 Å². The molecule has 2 N–H and O–H groups in total. The molecule has 0 saturated carbocycles. The van der Waals surface area contributed by atoms with Crippen molar-refractivity contribution < 1.29 is 19.5 Å². The Hall–Kier alpha value is -1.38. The number of carbonyl (C=O) groups is 3. The van der Waals surface area contributed by atoms with E-state index in [2.05, 4.69) is 5.32 Å². The number of carbonyl (C=O) groups excluding carboxylic acids is 2. The summed E-state index contributed by atoms with van der Waals surface area (Å²) in [5.74, 6) is -0.957. The van der Waals surface area contributed by atoms with Crippen molar-refractivity contribution in [3.05, 3.63) is 29.8 Å². The summed E-state index contributed by atoms with van der Waals surface area (Å²) in [6.45, 7) is 3.61. The minimum absolute atomic E-state index is 0.188. The molecule has 3 unspecified atom stereocenters. The van der Waals surface area contributed by atoms with Gasteiger partial charge in [-0.3, -0.25) is 9.59 Å². The van der Waals surface area contributed by atoms with Crippen LogP contribution in [-0.4, -0.2) is 55.7 Å². The molecular formula is C17H19ClN2O4S2. The monoisotopic (exact) mass is 414 g/mol. The zero-order chi connectivity index (χ0) is 19.1. The van der Waals surface area contributed by atoms with Crippen LogP contribution in [0.25, 0.3) is 0 Å². The van der Waals surface area contributed by atoms with E-state index in [9.17, 15) is 19.5 Å². The van der Waals surface area contributed by atoms with Gasteiger partial charge < -0.3 is 15.3 Å². The molecule has 0 spiro atoms. The summed E-state index contributed by atoms with van der Waals surface area (Å²) in [6.07, 6.45) is 0. The smallest absolute Gasteiger partial charge is 0.327 e. The number of carboxylic acid groups (broad SMARTS) is 1. The predicted molar refractivity (Wildman–Crippen MR) is 102 cm³/mol. The van der Waals surface area contributed by atoms with Gasteiger partial charge in [0.2, 0.25) is 11.8 Å². The lowest BCUT2D eigenvalue weighted by Crippen LogP contribution is -2.70. The molecular weight excluding hydrogens is 396 g/mol. The molecule has 3 atom stereocenters. The average molecular weight is 415 g/mol. The molecule has 2 saturated heterocycles. The van der Waals surface area contributed by atoms with E-state index in [1.165, 1.54) is 28.4 Å². The maximum Gasteiger partial charge on any atom is 0.327 e. The molecule has 0 bridgehead atoms. The second kappa shape index (κ2) is 7.32. The molecule has 26 heavy (non-hydrogen) atoms. The van der Waals surface area contributed by atoms with Crippen LogP contribution in [0, 0.1) is 0 Å². The highest BCUT2D eigenvalue weighted by Crippen LogP contribution is 2.50. The van der Waals surface area contributed by atoms with Crippen LogP contribution in [0.1, 0.15) is 19.4 Å². The maximum absolute atomic E-state index is 12.3. The number of rotatable bonds is 6. The highest BCUT2D eigenvalue weighted by atomic mass is 35.5. The Morgan fingerprint density at radius 1 is 1.35 bits per heavy atom. The van der Waals surface area contributed by atoms with Crippen LogP contribution < -0.4 is 5.32 Å². The van der Waals surface area contributed by atoms with Gasteiger partial charge >= 0.3 is 5.97 Å². The molecule has 2 fully saturated rings. The number of carboxylic acids is 1. The van der Waals surface area contributed by atoms with Crippen molar-refractivity contribution in [2.75, 3.05) is 5.75 Å². The maximum atomic E-state index is 12.3. The fraction of sp³-hybridized carbons (Fsp3) is 0.471. The highest BCUT2D eigenvalue weighted by Gasteiger charge is 2.64. The summed E-state index contributed by atoms with van der Waals surface area (Å²) >= 11 is 8.54. The van der Waals surface area contributed by atoms with Crippen LogP contribution in [0.5, 0.6) is 0 Å². The van der Waals surface area contributed by atoms with Gasteiger partial charge in [0, 0.05) is 15.5 Å². The van der Waals surface area contributed by atoms with Gasteiger partial charge in [0.05, 0.1) is 5.75 Å². The molecule has 2 aliphatic heterocycles. The SMILES string of the molecule is CC1(C)SC2C(NC(=O)CSc3ccc(CCl)cc3)C(=O)N2C1C(=O)O. The lowest BCUT2D eigenvalue weighted by Gasteiger charge is -2.43. The Morgan fingerprint density at radius 2 is 2.00 bits per heavy atom. The number of hydrogen-bond acceptors (Lipinski definition) is 5. The Labute approximate surface area is 165 Å². The van der Waals surface area contributed by atoms with E-state index >= 15 is 0 Å². The lowest BCUT2D eigenvalue weighted by molar-refractivity contribution is -0.160. The minimum Gasteiger partial charge on any atom is -0.480 e. The molecule has 3 rings (SSSR count). The number of halogens is 1. The van der Waals surface area contributed by atoms with Crippen LogP contribution in [0.4, 0.5) is 0 Å². The van der Waals surface area contributed by atoms with Crippen molar-refractivity contribution >= 4 is 52.9 Å². The quantitative estimate of drug-likeness (QED) is 0.421. The zero-order valence-electron chi connectivity index (χ0n) is 14.3. The van der Waals surface area contributed by atoms with Crippen molar-refractivity contribution in [3.63, 3.8) is 0 Å². The van der Waals surface area contributed by atoms with Gasteiger partial charge in [-0.2, -0.15) is 0 Å². The fourth-order valence-corrected chi connectivity index (χ4v) is 5.70. The minimum atomic E-state index is -1.01. The molecule has 9 heteroatoms. The van der Waals surface area contributed by atoms with Gasteiger partial charge in [-0.1, -0.05) is 12.1 Å². The zero-order valence-corrected chi connectivity index (χ0v) is 16.7. The summed E-state index contributed by atoms with van der Waals surface area (Å²) in [6, 6.07) is 6.09. The number of nitrogens with one attached hydrogen (secondary N) is 1. The van der Waals surface area contributed by atoms with Crippen molar-refractivity contribution in [3.8, 4) is 0 Å². The first kappa shape index (κ1) is 19.4. The van der Waals surface area contributed by atoms with Crippen LogP contribution >= 0.6 is 35.1 Å². The van der Waals surface area contributed by atoms with Gasteiger partial charge in [-0.05, 0) is 31.5 Å². The third-order valence-corrected chi connectivity index (χ3v) is 7.33. The molecule has 0 radical (unpaired) electrons. The lowest BCUT2D eigenvalue weighted by atomic mass is 9.96. The van der Waals surface area contributed by atoms with E-state index in [1.807, 2.05) is 24.3 Å². The van der Waals surface area contributed by atoms with E-state index in [0.717, 1.165) is 10.5 Å². The van der Waals surface area contributed by atoms with Gasteiger partial charge in [0.1, 0.15) is 17.5 Å². The summed E-state index contributed by atoms with van der Waals surface area (Å²) in [7, 11) is 0. The number of nitrogens with zero attached hydrogens (tertiary/aromatic N) is 1. The van der Waals surface area contributed by atoms with Gasteiger partial charge in [-0.25, -0.2) is 4.79 Å². The van der Waals surface area contributed by atoms with Crippen LogP contribution in [0.3, 0.4) is 0 Å². The van der Waals surface area contributed by atoms with Crippen LogP contribution in [0.2, 0.25) is 0 Å². The van der Waals surface area contributed by atoms with Gasteiger partial charge in [-0.15, -0.1) is 35.1 Å². The number of benzene rings is 1. The number of alkyl halides is 1. The van der Waals surface area contributed by atoms with E-state index in [0.29, 0.717) is 5.88 Å². The molecule has 2 heterocycles. The summed E-state index contributed by atoms with van der Waals surface area (Å²) < 4.78 is -0.593. The Bertz CT molecular complexity index is 741. The van der Waals surface area contributed by atoms with Crippen molar-refractivity contribution in [2.45, 2.75) is 46.8 Å². The van der Waals surface area contributed by atoms with Gasteiger partial charge in [0.15, 0.2) is 0 Å². The van der Waals surface area contributed by atoms with E-state index < -0.39 is 22.8 Å². The third-order valence-electron chi connectivity index (χ3n) is 4.44. The normalized spacial score (nSPS) is 26.2. The first-order valence-corrected chi connectivity index (χ1v) is 10.4. The first-order chi connectivity index (χ1) is 12.2. The van der Waals surface area contributed by atoms with Gasteiger partial charge in [0.25, 0.3) is 0 Å². The van der Waals surface area contributed by atoms with Crippen LogP contribution in [0.15, 0.2) is 29.2 Å². The first-order valence-electron chi connectivity index (χ1n) is 8.04. The predicted octanol–water partition coefficient (Wildman–Crippen LogP) is 2.15. The van der Waals surface area contributed by atoms with Crippen molar-refractivity contribution in [2.24, 2.45) is 0 Å². The third kappa shape index (κ3) is 3.54. The number of β-lactam (4-membered cyclic amide) rings is 1. The standard InChI is InChI=1S/C17H19ClN2O4S2/c1-17(2)13(16(23)24)20-14(22)12(15(20)26-17)19-11(21)8-25-10-5-3-9(7-18)4-6-10/h3-6,12-13,15H,7-8H2,1-2H3,(H,19,21)(H,23,24). The number of thioether (sulfide) groups is 2. The van der Waals surface area contributed by atoms with E-state index in [1.54, 1.807) is 13.8 Å². The topological polar surface area (TPSA) is 86.7 Å². The summed E-state index contributed by atoms with van der Waals surface area (Å²) in [4.78, 5) is 38.3. The summed E-state index contributed by atoms with van der Waals surface area (Å²) in [5, 5.41) is 11.8. The molecule has 0 aliphatic carbocycles. The van der Waals surface area contributed by atoms with E-state index in [4.69, 9.17) is 11.6 Å². The molecule has 6 nitrogen and oxygen atoms in total. The number of amides is 2. The number of fused-ring (bicyclic) bond motifs is 1. The fourth-order valence-electron chi connectivity index (χ4n) is 3.18. The highest BCUT2D eigenvalue weighted by molar-refractivity contribution is 8.01. The Morgan fingerprint density at radius 3 is 2.58 bits per heavy atom. The Balaban J connectivity index is 1.56. The molecule has 140 valence electrons. The molecule has 0 aromatic heterocycles. The second-order valence-corrected chi connectivity index (χ2v) is 9.80.